The molecule has 0 aromatic heterocycles. The maximum absolute atomic E-state index is 13.0. The molecular formula is C15H22ClFIN3O. The van der Waals surface area contributed by atoms with Crippen LogP contribution in [0.25, 0.3) is 0 Å². The van der Waals surface area contributed by atoms with Gasteiger partial charge in [0.2, 0.25) is 0 Å². The smallest absolute Gasteiger partial charge is 0.194 e. The molecule has 0 saturated carbocycles. The molecule has 0 unspecified atom stereocenters. The van der Waals surface area contributed by atoms with Gasteiger partial charge in [-0.15, -0.1) is 24.0 Å². The summed E-state index contributed by atoms with van der Waals surface area (Å²) in [6.45, 7) is 4.79. The molecule has 1 aliphatic rings. The lowest BCUT2D eigenvalue weighted by Crippen LogP contribution is -2.40. The minimum absolute atomic E-state index is 0. The highest BCUT2D eigenvalue weighted by atomic mass is 127. The highest BCUT2D eigenvalue weighted by Crippen LogP contribution is 2.17. The van der Waals surface area contributed by atoms with E-state index in [9.17, 15) is 9.50 Å². The lowest BCUT2D eigenvalue weighted by Gasteiger charge is -2.20. The molecule has 2 rings (SSSR count). The Balaban J connectivity index is 0.00000242. The molecular weight excluding hydrogens is 420 g/mol. The molecule has 0 spiro atoms. The molecule has 1 atom stereocenters. The van der Waals surface area contributed by atoms with Crippen LogP contribution in [0, 0.1) is 5.82 Å². The Labute approximate surface area is 152 Å². The molecule has 2 N–H and O–H groups in total. The Bertz CT molecular complexity index is 516. The summed E-state index contributed by atoms with van der Waals surface area (Å²) in [5.41, 5.74) is 0.888. The summed E-state index contributed by atoms with van der Waals surface area (Å²) in [7, 11) is 0. The van der Waals surface area contributed by atoms with Crippen LogP contribution in [0.5, 0.6) is 0 Å². The van der Waals surface area contributed by atoms with Gasteiger partial charge in [-0.1, -0.05) is 17.7 Å². The molecule has 4 nitrogen and oxygen atoms in total. The Morgan fingerprint density at radius 3 is 2.91 bits per heavy atom. The van der Waals surface area contributed by atoms with E-state index in [0.29, 0.717) is 24.5 Å². The number of halogens is 3. The Morgan fingerprint density at radius 2 is 2.32 bits per heavy atom. The van der Waals surface area contributed by atoms with Gasteiger partial charge in [-0.05, 0) is 37.5 Å². The third-order valence-corrected chi connectivity index (χ3v) is 3.81. The fourth-order valence-electron chi connectivity index (χ4n) is 2.37. The van der Waals surface area contributed by atoms with Crippen molar-refractivity contribution in [2.24, 2.45) is 4.99 Å². The second-order valence-corrected chi connectivity index (χ2v) is 5.52. The van der Waals surface area contributed by atoms with E-state index >= 15 is 0 Å². The van der Waals surface area contributed by atoms with Crippen LogP contribution >= 0.6 is 35.6 Å². The van der Waals surface area contributed by atoms with E-state index in [2.05, 4.69) is 15.2 Å². The zero-order chi connectivity index (χ0) is 15.2. The monoisotopic (exact) mass is 441 g/mol. The minimum Gasteiger partial charge on any atom is -0.391 e. The Hall–Kier alpha value is -0.600. The molecule has 0 radical (unpaired) electrons. The van der Waals surface area contributed by atoms with Gasteiger partial charge in [0.15, 0.2) is 5.96 Å². The Kier molecular flexibility index (Phi) is 8.41. The van der Waals surface area contributed by atoms with Gasteiger partial charge in [0, 0.05) is 31.2 Å². The number of hydrogen-bond acceptors (Lipinski definition) is 2. The Morgan fingerprint density at radius 1 is 1.55 bits per heavy atom. The van der Waals surface area contributed by atoms with Gasteiger partial charge in [-0.2, -0.15) is 0 Å². The highest BCUT2D eigenvalue weighted by Gasteiger charge is 2.22. The van der Waals surface area contributed by atoms with E-state index in [1.807, 2.05) is 6.92 Å². The predicted octanol–water partition coefficient (Wildman–Crippen LogP) is 2.67. The first-order chi connectivity index (χ1) is 10.1. The number of β-amino-alcohol motifs (C(OH)–C–C–N with tert-alkyl or cyclic N) is 1. The van der Waals surface area contributed by atoms with E-state index in [1.54, 1.807) is 6.07 Å². The fraction of sp³-hybridized carbons (Fsp3) is 0.533. The van der Waals surface area contributed by atoms with Crippen molar-refractivity contribution in [2.75, 3.05) is 26.2 Å². The van der Waals surface area contributed by atoms with Crippen molar-refractivity contribution in [1.29, 1.82) is 0 Å². The number of aliphatic imine (C=N–C) groups is 1. The highest BCUT2D eigenvalue weighted by molar-refractivity contribution is 14.0. The van der Waals surface area contributed by atoms with Crippen molar-refractivity contribution >= 4 is 41.5 Å². The van der Waals surface area contributed by atoms with E-state index in [1.165, 1.54) is 12.1 Å². The predicted molar refractivity (Wildman–Crippen MR) is 98.7 cm³/mol. The molecule has 1 heterocycles. The lowest BCUT2D eigenvalue weighted by molar-refractivity contribution is 0.188. The van der Waals surface area contributed by atoms with E-state index in [-0.39, 0.29) is 35.9 Å². The first kappa shape index (κ1) is 19.4. The van der Waals surface area contributed by atoms with Crippen molar-refractivity contribution in [1.82, 2.24) is 10.2 Å². The van der Waals surface area contributed by atoms with Crippen LogP contribution in [0.1, 0.15) is 18.9 Å². The van der Waals surface area contributed by atoms with Crippen LogP contribution in [0.3, 0.4) is 0 Å². The quantitative estimate of drug-likeness (QED) is 0.429. The maximum atomic E-state index is 13.0. The van der Waals surface area contributed by atoms with Crippen LogP contribution in [-0.4, -0.2) is 48.2 Å². The molecule has 0 bridgehead atoms. The number of likely N-dealkylation sites (tertiary alicyclic amines) is 1. The standard InChI is InChI=1S/C15H21ClFN3O.HI/c1-2-18-15(20-8-6-13(21)10-20)19-7-5-11-3-4-12(17)9-14(11)16;/h3-4,9,13,21H,2,5-8,10H2,1H3,(H,18,19);1H/t13-;/m1./s1. The van der Waals surface area contributed by atoms with Gasteiger partial charge in [0.25, 0.3) is 0 Å². The summed E-state index contributed by atoms with van der Waals surface area (Å²) < 4.78 is 13.0. The van der Waals surface area contributed by atoms with Gasteiger partial charge < -0.3 is 15.3 Å². The second kappa shape index (κ2) is 9.52. The topological polar surface area (TPSA) is 47.9 Å². The van der Waals surface area contributed by atoms with E-state index in [0.717, 1.165) is 31.0 Å². The van der Waals surface area contributed by atoms with Crippen molar-refractivity contribution in [3.63, 3.8) is 0 Å². The molecule has 1 saturated heterocycles. The van der Waals surface area contributed by atoms with Crippen LogP contribution in [0.4, 0.5) is 4.39 Å². The number of aliphatic hydroxyl groups excluding tert-OH is 1. The normalized spacial score (nSPS) is 18.3. The largest absolute Gasteiger partial charge is 0.391 e. The molecule has 1 aliphatic heterocycles. The molecule has 22 heavy (non-hydrogen) atoms. The summed E-state index contributed by atoms with van der Waals surface area (Å²) >= 11 is 6.00. The lowest BCUT2D eigenvalue weighted by atomic mass is 10.1. The summed E-state index contributed by atoms with van der Waals surface area (Å²) in [5, 5.41) is 13.3. The number of hydrogen-bond donors (Lipinski definition) is 2. The van der Waals surface area contributed by atoms with Crippen LogP contribution in [0.15, 0.2) is 23.2 Å². The van der Waals surface area contributed by atoms with E-state index < -0.39 is 0 Å². The van der Waals surface area contributed by atoms with Crippen molar-refractivity contribution in [3.8, 4) is 0 Å². The molecule has 0 amide bonds. The number of guanidine groups is 1. The first-order valence-electron chi connectivity index (χ1n) is 7.25. The van der Waals surface area contributed by atoms with Gasteiger partial charge >= 0.3 is 0 Å². The van der Waals surface area contributed by atoms with Crippen molar-refractivity contribution < 1.29 is 9.50 Å². The van der Waals surface area contributed by atoms with Crippen LogP contribution < -0.4 is 5.32 Å². The molecule has 0 aliphatic carbocycles. The molecule has 124 valence electrons. The maximum Gasteiger partial charge on any atom is 0.194 e. The minimum atomic E-state index is -0.327. The summed E-state index contributed by atoms with van der Waals surface area (Å²) in [6, 6.07) is 4.43. The zero-order valence-electron chi connectivity index (χ0n) is 12.6. The average molecular weight is 442 g/mol. The first-order valence-corrected chi connectivity index (χ1v) is 7.63. The third-order valence-electron chi connectivity index (χ3n) is 3.46. The molecule has 1 aromatic rings. The van der Waals surface area contributed by atoms with Gasteiger partial charge in [-0.3, -0.25) is 4.99 Å². The average Bonchev–Trinajstić information content (AvgIpc) is 2.86. The fourth-order valence-corrected chi connectivity index (χ4v) is 2.63. The number of benzene rings is 1. The molecule has 1 fully saturated rings. The SMILES string of the molecule is CCNC(=NCCc1ccc(F)cc1Cl)N1CC[C@@H](O)C1.I. The van der Waals surface area contributed by atoms with Crippen LogP contribution in [-0.2, 0) is 6.42 Å². The van der Waals surface area contributed by atoms with Gasteiger partial charge in [0.1, 0.15) is 5.82 Å². The van der Waals surface area contributed by atoms with Gasteiger partial charge in [0.05, 0.1) is 6.10 Å². The number of aliphatic hydroxyl groups is 1. The summed E-state index contributed by atoms with van der Waals surface area (Å²) in [4.78, 5) is 6.61. The van der Waals surface area contributed by atoms with E-state index in [4.69, 9.17) is 11.6 Å². The molecule has 1 aromatic carbocycles. The summed E-state index contributed by atoms with van der Waals surface area (Å²) in [6.07, 6.45) is 1.15. The zero-order valence-corrected chi connectivity index (χ0v) is 15.6. The number of rotatable bonds is 4. The van der Waals surface area contributed by atoms with Crippen LogP contribution in [0.2, 0.25) is 5.02 Å². The second-order valence-electron chi connectivity index (χ2n) is 5.11. The van der Waals surface area contributed by atoms with Gasteiger partial charge in [-0.25, -0.2) is 4.39 Å². The van der Waals surface area contributed by atoms with Crippen molar-refractivity contribution in [3.05, 3.63) is 34.6 Å². The number of nitrogens with one attached hydrogen (secondary N) is 1. The number of nitrogens with zero attached hydrogens (tertiary/aromatic N) is 2. The third kappa shape index (κ3) is 5.55. The van der Waals surface area contributed by atoms with Crippen molar-refractivity contribution in [2.45, 2.75) is 25.9 Å². The molecule has 7 heteroatoms. The summed E-state index contributed by atoms with van der Waals surface area (Å²) in [5.74, 6) is 0.485.